The number of carbonyl (C=O) groups excluding carboxylic acids is 7. The van der Waals surface area contributed by atoms with Gasteiger partial charge in [-0.15, -0.1) is 11.3 Å². The van der Waals surface area contributed by atoms with Crippen molar-refractivity contribution in [3.8, 4) is 0 Å². The smallest absolute Gasteiger partial charge is 0.251 e. The molecule has 1 unspecified atom stereocenters. The molecule has 2 aromatic rings. The highest BCUT2D eigenvalue weighted by Crippen LogP contribution is 2.25. The van der Waals surface area contributed by atoms with Gasteiger partial charge in [0.1, 0.15) is 24.2 Å². The van der Waals surface area contributed by atoms with E-state index in [2.05, 4.69) is 36.6 Å². The fourth-order valence-corrected chi connectivity index (χ4v) is 6.78. The number of carbonyl (C=O) groups is 7. The number of amides is 6. The van der Waals surface area contributed by atoms with E-state index >= 15 is 0 Å². The highest BCUT2D eigenvalue weighted by atomic mass is 32.1. The fourth-order valence-electron chi connectivity index (χ4n) is 5.78. The Morgan fingerprint density at radius 1 is 0.789 bits per heavy atom. The molecule has 57 heavy (non-hydrogen) atoms. The molecule has 1 aromatic carbocycles. The van der Waals surface area contributed by atoms with Crippen LogP contribution in [0.4, 0.5) is 0 Å². The lowest BCUT2D eigenvalue weighted by Crippen LogP contribution is -2.58. The molecule has 0 saturated carbocycles. The molecule has 20 heteroatoms. The Morgan fingerprint density at radius 2 is 1.40 bits per heavy atom. The third-order valence-corrected chi connectivity index (χ3v) is 9.78. The molecule has 6 amide bonds. The van der Waals surface area contributed by atoms with Crippen LogP contribution in [0.15, 0.2) is 23.2 Å². The number of ketones is 1. The van der Waals surface area contributed by atoms with Crippen LogP contribution in [-0.2, 0) is 24.0 Å². The zero-order valence-corrected chi connectivity index (χ0v) is 34.1. The third-order valence-electron chi connectivity index (χ3n) is 8.75. The van der Waals surface area contributed by atoms with Crippen molar-refractivity contribution in [2.75, 3.05) is 19.7 Å². The summed E-state index contributed by atoms with van der Waals surface area (Å²) in [6, 6.07) is -0.955. The van der Waals surface area contributed by atoms with Crippen molar-refractivity contribution in [2.24, 2.45) is 39.8 Å². The fraction of sp³-hybridized carbons (Fsp3) is 0.595. The van der Waals surface area contributed by atoms with Gasteiger partial charge in [0.2, 0.25) is 35.3 Å². The van der Waals surface area contributed by atoms with Gasteiger partial charge >= 0.3 is 0 Å². The number of guanidine groups is 1. The molecule has 14 N–H and O–H groups in total. The Bertz CT molecular complexity index is 1740. The molecule has 1 aromatic heterocycles. The van der Waals surface area contributed by atoms with Crippen LogP contribution in [0.3, 0.4) is 0 Å². The Balaban J connectivity index is 2.39. The van der Waals surface area contributed by atoms with Crippen molar-refractivity contribution in [1.82, 2.24) is 31.6 Å². The first kappa shape index (κ1) is 47.9. The van der Waals surface area contributed by atoms with Gasteiger partial charge in [-0.1, -0.05) is 40.5 Å². The summed E-state index contributed by atoms with van der Waals surface area (Å²) >= 11 is 1.01. The van der Waals surface area contributed by atoms with Gasteiger partial charge in [-0.05, 0) is 68.7 Å². The predicted octanol–water partition coefficient (Wildman–Crippen LogP) is -0.711. The number of primary amides is 1. The summed E-state index contributed by atoms with van der Waals surface area (Å²) in [5.74, 6) is -4.88. The van der Waals surface area contributed by atoms with Crippen LogP contribution in [-0.4, -0.2) is 107 Å². The number of aromatic nitrogens is 1. The average Bonchev–Trinajstić information content (AvgIpc) is 3.57. The van der Waals surface area contributed by atoms with E-state index in [9.17, 15) is 38.7 Å². The van der Waals surface area contributed by atoms with E-state index in [-0.39, 0.29) is 54.2 Å². The monoisotopic (exact) mass is 817 g/mol. The van der Waals surface area contributed by atoms with Crippen LogP contribution in [0.5, 0.6) is 0 Å². The van der Waals surface area contributed by atoms with Gasteiger partial charge in [-0.3, -0.25) is 38.6 Å². The Hall–Kier alpha value is -5.21. The van der Waals surface area contributed by atoms with E-state index in [1.165, 1.54) is 13.0 Å². The molecule has 316 valence electrons. The van der Waals surface area contributed by atoms with Crippen LogP contribution < -0.4 is 49.5 Å². The van der Waals surface area contributed by atoms with Crippen molar-refractivity contribution in [2.45, 2.75) is 110 Å². The van der Waals surface area contributed by atoms with E-state index in [0.717, 1.165) is 11.3 Å². The largest absolute Gasteiger partial charge is 0.394 e. The van der Waals surface area contributed by atoms with Crippen LogP contribution in [0.25, 0.3) is 10.2 Å². The van der Waals surface area contributed by atoms with Crippen molar-refractivity contribution < 1.29 is 38.7 Å². The molecule has 0 radical (unpaired) electrons. The lowest BCUT2D eigenvalue weighted by Gasteiger charge is -2.27. The average molecular weight is 818 g/mol. The first-order valence-corrected chi connectivity index (χ1v) is 19.8. The van der Waals surface area contributed by atoms with Crippen LogP contribution in [0, 0.1) is 11.8 Å². The number of benzene rings is 1. The number of aliphatic hydroxyl groups excluding tert-OH is 1. The topological polar surface area (TPSA) is 329 Å². The highest BCUT2D eigenvalue weighted by Gasteiger charge is 2.32. The number of unbranched alkanes of at least 4 members (excludes halogenated alkanes) is 2. The van der Waals surface area contributed by atoms with Crippen molar-refractivity contribution in [3.63, 3.8) is 0 Å². The standard InChI is InChI=1S/C37H59N11O8S/c1-19(2)16-26(46-33(54)25(10-7-6-8-14-38)45-35(56)27(18-49)43-21(5)50)34(55)44-24(11-9-15-42-37(40)41)30(51)36-47-23-13-12-22(17-28(23)57-36)32(53)48-29(20(3)4)31(39)52/h12-13,17,19-20,24-27,29,49H,6-11,14-16,18,38H2,1-5H3,(H2,39,52)(H,43,50)(H,44,55)(H,45,56)(H,46,54)(H,48,53)(H4,40,41,42)/t24-,25-,26-,27-,29?/m0/s1. The number of aliphatic hydroxyl groups is 1. The second-order valence-corrected chi connectivity index (χ2v) is 15.5. The third kappa shape index (κ3) is 16.1. The Labute approximate surface area is 336 Å². The van der Waals surface area contributed by atoms with E-state index in [0.29, 0.717) is 42.4 Å². The SMILES string of the molecule is CC(=O)N[C@@H](CO)C(=O)N[C@@H](CCCCCN)C(=O)N[C@@H](CC(C)C)C(=O)N[C@@H](CCCN=C(N)N)C(=O)c1nc2ccc(C(=O)NC(C(N)=O)C(C)C)cc2s1. The van der Waals surface area contributed by atoms with E-state index in [1.807, 2.05) is 13.8 Å². The maximum atomic E-state index is 14.1. The maximum absolute atomic E-state index is 14.1. The quantitative estimate of drug-likeness (QED) is 0.0257. The van der Waals surface area contributed by atoms with Crippen LogP contribution >= 0.6 is 11.3 Å². The van der Waals surface area contributed by atoms with Crippen LogP contribution in [0.2, 0.25) is 0 Å². The van der Waals surface area contributed by atoms with Crippen LogP contribution in [0.1, 0.15) is 99.7 Å². The summed E-state index contributed by atoms with van der Waals surface area (Å²) in [4.78, 5) is 99.6. The number of rotatable bonds is 25. The summed E-state index contributed by atoms with van der Waals surface area (Å²) in [6.07, 6.45) is 2.60. The molecule has 0 bridgehead atoms. The minimum atomic E-state index is -1.30. The second-order valence-electron chi connectivity index (χ2n) is 14.5. The van der Waals surface area contributed by atoms with Gasteiger partial charge in [-0.2, -0.15) is 0 Å². The number of hydrogen-bond acceptors (Lipinski definition) is 12. The van der Waals surface area contributed by atoms with E-state index in [4.69, 9.17) is 22.9 Å². The molecule has 0 aliphatic heterocycles. The lowest BCUT2D eigenvalue weighted by atomic mass is 10.00. The molecular formula is C37H59N11O8S. The van der Waals surface area contributed by atoms with Gasteiger partial charge in [0.05, 0.1) is 22.9 Å². The van der Waals surface area contributed by atoms with Crippen molar-refractivity contribution in [1.29, 1.82) is 0 Å². The molecule has 2 rings (SSSR count). The van der Waals surface area contributed by atoms with Gasteiger partial charge in [0, 0.05) is 19.0 Å². The normalized spacial score (nSPS) is 13.8. The second kappa shape index (κ2) is 23.8. The molecule has 5 atom stereocenters. The number of nitrogens with one attached hydrogen (secondary N) is 5. The molecule has 19 nitrogen and oxygen atoms in total. The zero-order chi connectivity index (χ0) is 42.8. The number of aliphatic imine (C=N–C) groups is 1. The van der Waals surface area contributed by atoms with E-state index in [1.54, 1.807) is 26.0 Å². The Morgan fingerprint density at radius 3 is 1.98 bits per heavy atom. The molecule has 0 saturated heterocycles. The minimum Gasteiger partial charge on any atom is -0.394 e. The number of Topliss-reactive ketones (excluding diaryl/α,β-unsaturated/α-hetero) is 1. The molecule has 0 aliphatic carbocycles. The van der Waals surface area contributed by atoms with Gasteiger partial charge in [0.25, 0.3) is 5.91 Å². The van der Waals surface area contributed by atoms with Gasteiger partial charge < -0.3 is 54.6 Å². The summed E-state index contributed by atoms with van der Waals surface area (Å²) in [5.41, 5.74) is 22.7. The van der Waals surface area contributed by atoms with Gasteiger partial charge in [0.15, 0.2) is 11.0 Å². The molecule has 0 spiro atoms. The maximum Gasteiger partial charge on any atom is 0.251 e. The van der Waals surface area contributed by atoms with Crippen molar-refractivity contribution in [3.05, 3.63) is 28.8 Å². The number of nitrogens with two attached hydrogens (primary N) is 4. The summed E-state index contributed by atoms with van der Waals surface area (Å²) in [7, 11) is 0. The lowest BCUT2D eigenvalue weighted by molar-refractivity contribution is -0.134. The highest BCUT2D eigenvalue weighted by molar-refractivity contribution is 7.20. The molecule has 1 heterocycles. The van der Waals surface area contributed by atoms with E-state index < -0.39 is 78.0 Å². The molecular weight excluding hydrogens is 759 g/mol. The van der Waals surface area contributed by atoms with Crippen molar-refractivity contribution >= 4 is 68.7 Å². The van der Waals surface area contributed by atoms with Gasteiger partial charge in [-0.25, -0.2) is 4.98 Å². The summed E-state index contributed by atoms with van der Waals surface area (Å²) < 4.78 is 0.503. The number of fused-ring (bicyclic) bond motifs is 1. The Kier molecular flexibility index (Phi) is 20.0. The predicted molar refractivity (Wildman–Crippen MR) is 217 cm³/mol. The molecule has 0 aliphatic rings. The molecule has 0 fully saturated rings. The summed E-state index contributed by atoms with van der Waals surface area (Å²) in [5, 5.41) is 22.8. The first-order valence-electron chi connectivity index (χ1n) is 19.0. The number of hydrogen-bond donors (Lipinski definition) is 10. The number of thiazole rings is 1. The minimum absolute atomic E-state index is 0.0502. The zero-order valence-electron chi connectivity index (χ0n) is 33.3. The first-order chi connectivity index (χ1) is 26.9. The number of nitrogens with zero attached hydrogens (tertiary/aromatic N) is 2. The summed E-state index contributed by atoms with van der Waals surface area (Å²) in [6.45, 7) is 8.28.